The average Bonchev–Trinajstić information content (AvgIpc) is 3.44. The van der Waals surface area contributed by atoms with Crippen LogP contribution in [-0.4, -0.2) is 97.3 Å². The third kappa shape index (κ3) is 11.2. The smallest absolute Gasteiger partial charge is 0.261 e. The van der Waals surface area contributed by atoms with Gasteiger partial charge in [0, 0.05) is 55.3 Å². The molecule has 1 fully saturated rings. The molecule has 0 bridgehead atoms. The number of carbonyl (C=O) groups is 1. The lowest BCUT2D eigenvalue weighted by Gasteiger charge is -2.31. The summed E-state index contributed by atoms with van der Waals surface area (Å²) in [7, 11) is 1.99. The number of nitrogens with zero attached hydrogens (tertiary/aromatic N) is 6. The summed E-state index contributed by atoms with van der Waals surface area (Å²) >= 11 is 0. The Bertz CT molecular complexity index is 1750. The summed E-state index contributed by atoms with van der Waals surface area (Å²) in [6, 6.07) is 15.6. The molecule has 1 aliphatic rings. The first-order valence-electron chi connectivity index (χ1n) is 14.2. The molecule has 0 spiro atoms. The Balaban J connectivity index is 0.00000107. The zero-order valence-corrected chi connectivity index (χ0v) is 27.0. The first-order valence-corrected chi connectivity index (χ1v) is 16.1. The summed E-state index contributed by atoms with van der Waals surface area (Å²) in [4.78, 5) is 25.7. The van der Waals surface area contributed by atoms with Gasteiger partial charge in [-0.2, -0.15) is 18.5 Å². The summed E-state index contributed by atoms with van der Waals surface area (Å²) in [5.74, 6) is 1.23. The topological polar surface area (TPSA) is 164 Å². The van der Waals surface area contributed by atoms with E-state index < -0.39 is 10.1 Å². The summed E-state index contributed by atoms with van der Waals surface area (Å²) in [5, 5.41) is 11.1. The maximum absolute atomic E-state index is 12.3. The number of anilines is 4. The van der Waals surface area contributed by atoms with Crippen LogP contribution in [0.2, 0.25) is 0 Å². The molecule has 0 radical (unpaired) electrons. The predicted octanol–water partition coefficient (Wildman–Crippen LogP) is 4.88. The summed E-state index contributed by atoms with van der Waals surface area (Å²) in [6.07, 6.45) is 5.63. The van der Waals surface area contributed by atoms with E-state index in [4.69, 9.17) is 24.1 Å². The highest BCUT2D eigenvalue weighted by Gasteiger charge is 2.20. The highest BCUT2D eigenvalue weighted by molar-refractivity contribution is 7.85. The van der Waals surface area contributed by atoms with Crippen molar-refractivity contribution in [2.75, 3.05) is 69.3 Å². The van der Waals surface area contributed by atoms with Crippen molar-refractivity contribution in [1.82, 2.24) is 24.6 Å². The molecular weight excluding hydrogens is 636 g/mol. The van der Waals surface area contributed by atoms with Gasteiger partial charge in [0.1, 0.15) is 5.75 Å². The van der Waals surface area contributed by atoms with Crippen LogP contribution >= 0.6 is 0 Å². The second-order valence-electron chi connectivity index (χ2n) is 10.5. The number of hydrogen-bond acceptors (Lipinski definition) is 11. The molecule has 3 N–H and O–H groups in total. The maximum atomic E-state index is 12.3. The van der Waals surface area contributed by atoms with E-state index in [0.29, 0.717) is 61.4 Å². The van der Waals surface area contributed by atoms with E-state index in [9.17, 15) is 13.2 Å². The highest BCUT2D eigenvalue weighted by atomic mass is 32.2. The van der Waals surface area contributed by atoms with Gasteiger partial charge in [-0.25, -0.2) is 9.67 Å². The standard InChI is InChI=1S/C30H34N8O3.CH4O3S.2CH4/c1-5-28(39)32-23-17-24(26(40-4)18-25(23)37-13-15-41-16-14-37)33-30-31-12-11-27(34-30)38-20-22(19-36(2)3)29(35-38)21-9-7-6-8-10-21;1-5(2,3)4;;/h5-12,17-18,20H,1,13-16,19H2,2-4H3,(H,32,39)(H,31,33,34);1H3,(H,2,3,4);2*1H4. The molecular formula is C33H46N8O6S. The van der Waals surface area contributed by atoms with Crippen molar-refractivity contribution in [1.29, 1.82) is 0 Å². The minimum Gasteiger partial charge on any atom is -0.494 e. The molecule has 14 nitrogen and oxygen atoms in total. The molecule has 1 amide bonds. The molecule has 1 saturated heterocycles. The number of nitrogens with one attached hydrogen (secondary N) is 2. The summed E-state index contributed by atoms with van der Waals surface area (Å²) in [6.45, 7) is 6.92. The highest BCUT2D eigenvalue weighted by Crippen LogP contribution is 2.38. The fourth-order valence-electron chi connectivity index (χ4n) is 4.67. The van der Waals surface area contributed by atoms with E-state index in [1.54, 1.807) is 24.1 Å². The van der Waals surface area contributed by atoms with Crippen molar-refractivity contribution < 1.29 is 27.2 Å². The number of aromatic nitrogens is 4. The minimum atomic E-state index is -3.67. The molecule has 2 aromatic heterocycles. The van der Waals surface area contributed by atoms with Gasteiger partial charge < -0.3 is 29.9 Å². The molecule has 3 heterocycles. The monoisotopic (exact) mass is 682 g/mol. The third-order valence-electron chi connectivity index (χ3n) is 6.56. The number of carbonyl (C=O) groups excluding carboxylic acids is 1. The Hall–Kier alpha value is -4.83. The third-order valence-corrected chi connectivity index (χ3v) is 6.56. The van der Waals surface area contributed by atoms with Crippen LogP contribution in [0, 0.1) is 0 Å². The maximum Gasteiger partial charge on any atom is 0.261 e. The molecule has 1 aliphatic heterocycles. The minimum absolute atomic E-state index is 0. The van der Waals surface area contributed by atoms with Crippen molar-refractivity contribution in [3.05, 3.63) is 79.1 Å². The van der Waals surface area contributed by atoms with Gasteiger partial charge in [-0.15, -0.1) is 0 Å². The Morgan fingerprint density at radius 3 is 2.40 bits per heavy atom. The van der Waals surface area contributed by atoms with Gasteiger partial charge >= 0.3 is 0 Å². The normalized spacial score (nSPS) is 12.5. The molecule has 4 aromatic rings. The fourth-order valence-corrected chi connectivity index (χ4v) is 4.67. The second kappa shape index (κ2) is 17.9. The fraction of sp³-hybridized carbons (Fsp3) is 0.333. The molecule has 0 aliphatic carbocycles. The van der Waals surface area contributed by atoms with Crippen LogP contribution < -0.4 is 20.3 Å². The molecule has 48 heavy (non-hydrogen) atoms. The number of ether oxygens (including phenoxy) is 2. The lowest BCUT2D eigenvalue weighted by atomic mass is 10.1. The van der Waals surface area contributed by atoms with Gasteiger partial charge in [-0.1, -0.05) is 51.8 Å². The van der Waals surface area contributed by atoms with Crippen LogP contribution in [0.25, 0.3) is 17.1 Å². The number of rotatable bonds is 10. The Labute approximate surface area is 283 Å². The molecule has 0 unspecified atom stereocenters. The first kappa shape index (κ1) is 39.3. The van der Waals surface area contributed by atoms with Crippen molar-refractivity contribution in [3.63, 3.8) is 0 Å². The Morgan fingerprint density at radius 2 is 1.79 bits per heavy atom. The van der Waals surface area contributed by atoms with Crippen molar-refractivity contribution >= 4 is 39.0 Å². The number of morpholine rings is 1. The largest absolute Gasteiger partial charge is 0.494 e. The van der Waals surface area contributed by atoms with Gasteiger partial charge in [0.25, 0.3) is 10.1 Å². The first-order chi connectivity index (χ1) is 21.9. The van der Waals surface area contributed by atoms with Gasteiger partial charge in [0.05, 0.1) is 49.3 Å². The SMILES string of the molecule is C.C.C=CC(=O)Nc1cc(Nc2nccc(-n3cc(CN(C)C)c(-c4ccccc4)n3)n2)c(OC)cc1N1CCOCC1.CS(=O)(=O)O. The van der Waals surface area contributed by atoms with Crippen LogP contribution in [0.4, 0.5) is 23.0 Å². The zero-order chi connectivity index (χ0) is 33.3. The van der Waals surface area contributed by atoms with Gasteiger partial charge in [0.15, 0.2) is 5.82 Å². The van der Waals surface area contributed by atoms with Crippen LogP contribution in [-0.2, 0) is 26.2 Å². The van der Waals surface area contributed by atoms with Crippen molar-refractivity contribution in [2.24, 2.45) is 0 Å². The molecule has 0 atom stereocenters. The molecule has 2 aromatic carbocycles. The average molecular weight is 683 g/mol. The zero-order valence-electron chi connectivity index (χ0n) is 26.2. The number of benzene rings is 2. The van der Waals surface area contributed by atoms with Crippen LogP contribution in [0.1, 0.15) is 20.4 Å². The van der Waals surface area contributed by atoms with E-state index >= 15 is 0 Å². The van der Waals surface area contributed by atoms with E-state index in [1.165, 1.54) is 6.08 Å². The molecule has 0 saturated carbocycles. The van der Waals surface area contributed by atoms with Crippen LogP contribution in [0.3, 0.4) is 0 Å². The Kier molecular flexibility index (Phi) is 14.7. The second-order valence-corrected chi connectivity index (χ2v) is 12.0. The van der Waals surface area contributed by atoms with E-state index in [2.05, 4.69) is 32.0 Å². The molecule has 5 rings (SSSR count). The van der Waals surface area contributed by atoms with Gasteiger partial charge in [-0.3, -0.25) is 9.35 Å². The lowest BCUT2D eigenvalue weighted by molar-refractivity contribution is -0.111. The van der Waals surface area contributed by atoms with Gasteiger partial charge in [-0.05, 0) is 26.2 Å². The van der Waals surface area contributed by atoms with Crippen molar-refractivity contribution in [3.8, 4) is 22.8 Å². The summed E-state index contributed by atoms with van der Waals surface area (Å²) in [5.41, 5.74) is 5.06. The van der Waals surface area contributed by atoms with Crippen LogP contribution in [0.15, 0.2) is 73.6 Å². The Morgan fingerprint density at radius 1 is 1.12 bits per heavy atom. The van der Waals surface area contributed by atoms with E-state index in [0.717, 1.165) is 29.1 Å². The van der Waals surface area contributed by atoms with Gasteiger partial charge in [0.2, 0.25) is 11.9 Å². The lowest BCUT2D eigenvalue weighted by Crippen LogP contribution is -2.36. The summed E-state index contributed by atoms with van der Waals surface area (Å²) < 4.78 is 38.9. The number of methoxy groups -OCH3 is 1. The van der Waals surface area contributed by atoms with E-state index in [-0.39, 0.29) is 20.8 Å². The van der Waals surface area contributed by atoms with Crippen molar-refractivity contribution in [2.45, 2.75) is 21.4 Å². The molecule has 15 heteroatoms. The predicted molar refractivity (Wildman–Crippen MR) is 191 cm³/mol. The van der Waals surface area contributed by atoms with Crippen LogP contribution in [0.5, 0.6) is 5.75 Å². The van der Waals surface area contributed by atoms with E-state index in [1.807, 2.05) is 62.8 Å². The number of hydrogen-bond donors (Lipinski definition) is 3. The quantitative estimate of drug-likeness (QED) is 0.154. The molecule has 260 valence electrons. The number of amides is 1.